The first-order chi connectivity index (χ1) is 12.6. The molecule has 1 N–H and O–H groups in total. The number of nitrogens with one attached hydrogen (secondary N) is 1. The van der Waals surface area contributed by atoms with Crippen LogP contribution in [0.25, 0.3) is 0 Å². The maximum absolute atomic E-state index is 13.0. The molecule has 0 aliphatic carbocycles. The molecular formula is C19H29N3O4. The molecule has 0 spiro atoms. The molecule has 3 rings (SSSR count). The van der Waals surface area contributed by atoms with E-state index in [9.17, 15) is 9.59 Å². The number of hydrogen-bond donors (Lipinski definition) is 1. The molecule has 0 bridgehead atoms. The Morgan fingerprint density at radius 2 is 2.00 bits per heavy atom. The zero-order valence-corrected chi connectivity index (χ0v) is 15.6. The minimum absolute atomic E-state index is 0.0373. The Morgan fingerprint density at radius 3 is 2.62 bits per heavy atom. The van der Waals surface area contributed by atoms with Gasteiger partial charge in [-0.3, -0.25) is 14.5 Å². The molecule has 0 aromatic carbocycles. The lowest BCUT2D eigenvalue weighted by Crippen LogP contribution is -2.50. The van der Waals surface area contributed by atoms with Crippen LogP contribution < -0.4 is 5.32 Å². The number of ether oxygens (including phenoxy) is 1. The van der Waals surface area contributed by atoms with Gasteiger partial charge in [0.1, 0.15) is 6.26 Å². The van der Waals surface area contributed by atoms with Crippen LogP contribution in [0.1, 0.15) is 43.5 Å². The lowest BCUT2D eigenvalue weighted by molar-refractivity contribution is -0.137. The minimum atomic E-state index is -0.173. The van der Waals surface area contributed by atoms with E-state index in [0.717, 1.165) is 26.1 Å². The van der Waals surface area contributed by atoms with Gasteiger partial charge < -0.3 is 19.4 Å². The van der Waals surface area contributed by atoms with E-state index in [4.69, 9.17) is 9.15 Å². The summed E-state index contributed by atoms with van der Waals surface area (Å²) in [5.74, 6) is 0.0215. The molecular weight excluding hydrogens is 334 g/mol. The second-order valence-corrected chi connectivity index (χ2v) is 6.98. The molecule has 1 aromatic heterocycles. The molecule has 2 saturated heterocycles. The highest BCUT2D eigenvalue weighted by Gasteiger charge is 2.42. The van der Waals surface area contributed by atoms with Gasteiger partial charge in [0.15, 0.2) is 0 Å². The van der Waals surface area contributed by atoms with Gasteiger partial charge in [-0.1, -0.05) is 0 Å². The largest absolute Gasteiger partial charge is 0.472 e. The molecule has 2 atom stereocenters. The van der Waals surface area contributed by atoms with Crippen LogP contribution in [-0.2, 0) is 9.53 Å². The average Bonchev–Trinajstić information content (AvgIpc) is 3.33. The first kappa shape index (κ1) is 18.9. The van der Waals surface area contributed by atoms with Crippen molar-refractivity contribution in [3.05, 3.63) is 24.2 Å². The Bertz CT molecular complexity index is 594. The predicted molar refractivity (Wildman–Crippen MR) is 96.8 cm³/mol. The van der Waals surface area contributed by atoms with Crippen molar-refractivity contribution in [3.63, 3.8) is 0 Å². The lowest BCUT2D eigenvalue weighted by Gasteiger charge is -2.36. The standard InChI is InChI=1S/C19H29N3O4/c1-3-21(4-2)19(24)17-11-15(20-18(23)14-5-8-26-13-14)12-22(17)16-6-9-25-10-7-16/h5,8,13,15-17H,3-4,6-7,9-12H2,1-2H3,(H,20,23). The van der Waals surface area contributed by atoms with Crippen molar-refractivity contribution < 1.29 is 18.7 Å². The zero-order valence-electron chi connectivity index (χ0n) is 15.6. The van der Waals surface area contributed by atoms with Gasteiger partial charge in [0.25, 0.3) is 5.91 Å². The summed E-state index contributed by atoms with van der Waals surface area (Å²) < 4.78 is 10.5. The number of amides is 2. The highest BCUT2D eigenvalue weighted by atomic mass is 16.5. The van der Waals surface area contributed by atoms with Crippen LogP contribution in [0.15, 0.2) is 23.0 Å². The molecule has 2 aliphatic heterocycles. The second kappa shape index (κ2) is 8.68. The molecule has 3 heterocycles. The van der Waals surface area contributed by atoms with Crippen molar-refractivity contribution in [1.82, 2.24) is 15.1 Å². The monoisotopic (exact) mass is 363 g/mol. The van der Waals surface area contributed by atoms with Crippen LogP contribution in [0.5, 0.6) is 0 Å². The topological polar surface area (TPSA) is 75.0 Å². The number of hydrogen-bond acceptors (Lipinski definition) is 5. The van der Waals surface area contributed by atoms with Crippen LogP contribution in [0, 0.1) is 0 Å². The van der Waals surface area contributed by atoms with E-state index in [0.29, 0.717) is 37.7 Å². The molecule has 144 valence electrons. The van der Waals surface area contributed by atoms with Crippen molar-refractivity contribution >= 4 is 11.8 Å². The molecule has 26 heavy (non-hydrogen) atoms. The first-order valence-electron chi connectivity index (χ1n) is 9.59. The van der Waals surface area contributed by atoms with Gasteiger partial charge in [-0.05, 0) is 39.2 Å². The maximum atomic E-state index is 13.0. The number of rotatable bonds is 6. The van der Waals surface area contributed by atoms with Crippen LogP contribution >= 0.6 is 0 Å². The van der Waals surface area contributed by atoms with Crippen molar-refractivity contribution in [1.29, 1.82) is 0 Å². The third kappa shape index (κ3) is 4.10. The highest BCUT2D eigenvalue weighted by molar-refractivity contribution is 5.94. The molecule has 2 aliphatic rings. The molecule has 1 aromatic rings. The Kier molecular flexibility index (Phi) is 6.32. The zero-order chi connectivity index (χ0) is 18.5. The third-order valence-electron chi connectivity index (χ3n) is 5.48. The van der Waals surface area contributed by atoms with E-state index in [1.807, 2.05) is 18.7 Å². The summed E-state index contributed by atoms with van der Waals surface area (Å²) in [5.41, 5.74) is 0.515. The van der Waals surface area contributed by atoms with Crippen LogP contribution in [0.4, 0.5) is 0 Å². The summed E-state index contributed by atoms with van der Waals surface area (Å²) in [6, 6.07) is 1.78. The number of carbonyl (C=O) groups excluding carboxylic acids is 2. The lowest BCUT2D eigenvalue weighted by atomic mass is 10.1. The quantitative estimate of drug-likeness (QED) is 0.829. The molecule has 0 saturated carbocycles. The normalized spacial score (nSPS) is 24.5. The Balaban J connectivity index is 1.71. The van der Waals surface area contributed by atoms with Crippen molar-refractivity contribution in [2.24, 2.45) is 0 Å². The fourth-order valence-electron chi connectivity index (χ4n) is 4.04. The maximum Gasteiger partial charge on any atom is 0.254 e. The summed E-state index contributed by atoms with van der Waals surface area (Å²) >= 11 is 0. The van der Waals surface area contributed by atoms with E-state index < -0.39 is 0 Å². The summed E-state index contributed by atoms with van der Waals surface area (Å²) in [6.07, 6.45) is 5.45. The van der Waals surface area contributed by atoms with Gasteiger partial charge in [0.05, 0.1) is 17.9 Å². The number of likely N-dealkylation sites (N-methyl/N-ethyl adjacent to an activating group) is 1. The summed E-state index contributed by atoms with van der Waals surface area (Å²) in [4.78, 5) is 29.6. The van der Waals surface area contributed by atoms with Crippen molar-refractivity contribution in [3.8, 4) is 0 Å². The van der Waals surface area contributed by atoms with E-state index in [-0.39, 0.29) is 23.9 Å². The number of furan rings is 1. The van der Waals surface area contributed by atoms with E-state index >= 15 is 0 Å². The minimum Gasteiger partial charge on any atom is -0.472 e. The smallest absolute Gasteiger partial charge is 0.254 e. The molecule has 7 nitrogen and oxygen atoms in total. The van der Waals surface area contributed by atoms with Crippen LogP contribution in [0.2, 0.25) is 0 Å². The van der Waals surface area contributed by atoms with E-state index in [1.54, 1.807) is 6.07 Å². The van der Waals surface area contributed by atoms with Gasteiger partial charge in [-0.15, -0.1) is 0 Å². The summed E-state index contributed by atoms with van der Waals surface area (Å²) in [5, 5.41) is 3.07. The van der Waals surface area contributed by atoms with Gasteiger partial charge in [-0.25, -0.2) is 0 Å². The Hall–Kier alpha value is -1.86. The Labute approximate surface area is 154 Å². The van der Waals surface area contributed by atoms with Gasteiger partial charge in [-0.2, -0.15) is 0 Å². The first-order valence-corrected chi connectivity index (χ1v) is 9.59. The third-order valence-corrected chi connectivity index (χ3v) is 5.48. The second-order valence-electron chi connectivity index (χ2n) is 6.98. The van der Waals surface area contributed by atoms with Crippen LogP contribution in [-0.4, -0.2) is 72.6 Å². The number of likely N-dealkylation sites (tertiary alicyclic amines) is 1. The molecule has 2 amide bonds. The van der Waals surface area contributed by atoms with Gasteiger partial charge in [0, 0.05) is 44.9 Å². The van der Waals surface area contributed by atoms with Crippen molar-refractivity contribution in [2.75, 3.05) is 32.8 Å². The fourth-order valence-corrected chi connectivity index (χ4v) is 4.04. The van der Waals surface area contributed by atoms with Gasteiger partial charge >= 0.3 is 0 Å². The highest BCUT2D eigenvalue weighted by Crippen LogP contribution is 2.27. The summed E-state index contributed by atoms with van der Waals surface area (Å²) in [6.45, 7) is 7.60. The number of carbonyl (C=O) groups is 2. The summed E-state index contributed by atoms with van der Waals surface area (Å²) in [7, 11) is 0. The fraction of sp³-hybridized carbons (Fsp3) is 0.684. The molecule has 2 fully saturated rings. The van der Waals surface area contributed by atoms with Crippen molar-refractivity contribution in [2.45, 2.75) is 51.2 Å². The Morgan fingerprint density at radius 1 is 1.27 bits per heavy atom. The predicted octanol–water partition coefficient (Wildman–Crippen LogP) is 1.50. The SMILES string of the molecule is CCN(CC)C(=O)C1CC(NC(=O)c2ccoc2)CN1C1CCOCC1. The molecule has 2 unspecified atom stereocenters. The number of nitrogens with zero attached hydrogens (tertiary/aromatic N) is 2. The average molecular weight is 363 g/mol. The molecule has 0 radical (unpaired) electrons. The van der Waals surface area contributed by atoms with E-state index in [1.165, 1.54) is 12.5 Å². The molecule has 7 heteroatoms. The van der Waals surface area contributed by atoms with Crippen LogP contribution in [0.3, 0.4) is 0 Å². The van der Waals surface area contributed by atoms with E-state index in [2.05, 4.69) is 10.2 Å². The van der Waals surface area contributed by atoms with Gasteiger partial charge in [0.2, 0.25) is 5.91 Å².